The number of rotatable bonds is 3. The quantitative estimate of drug-likeness (QED) is 0.769. The summed E-state index contributed by atoms with van der Waals surface area (Å²) < 4.78 is 10.6. The summed E-state index contributed by atoms with van der Waals surface area (Å²) in [6.45, 7) is 13.7. The van der Waals surface area contributed by atoms with Crippen LogP contribution in [-0.2, 0) is 9.47 Å². The molecule has 1 aliphatic heterocycles. The summed E-state index contributed by atoms with van der Waals surface area (Å²) in [7, 11) is 0. The van der Waals surface area contributed by atoms with Crippen molar-refractivity contribution >= 4 is 17.9 Å². The Hall–Kier alpha value is -2.31. The molecule has 144 valence electrons. The molecule has 0 unspecified atom stereocenters. The minimum atomic E-state index is -0.513. The molecule has 1 amide bonds. The zero-order valence-corrected chi connectivity index (χ0v) is 16.6. The van der Waals surface area contributed by atoms with Crippen LogP contribution in [0.15, 0.2) is 6.07 Å². The second-order valence-electron chi connectivity index (χ2n) is 7.44. The smallest absolute Gasteiger partial charge is 0.410 e. The lowest BCUT2D eigenvalue weighted by Crippen LogP contribution is -2.50. The number of hydrogen-bond donors (Lipinski definition) is 0. The summed E-state index contributed by atoms with van der Waals surface area (Å²) in [6, 6.07) is 1.83. The maximum absolute atomic E-state index is 12.3. The van der Waals surface area contributed by atoms with Crippen molar-refractivity contribution in [3.8, 4) is 0 Å². The Kier molecular flexibility index (Phi) is 6.10. The van der Waals surface area contributed by atoms with E-state index in [4.69, 9.17) is 9.47 Å². The zero-order valence-electron chi connectivity index (χ0n) is 16.6. The normalized spacial score (nSPS) is 15.0. The number of pyridine rings is 1. The van der Waals surface area contributed by atoms with Crippen molar-refractivity contribution in [3.63, 3.8) is 0 Å². The Balaban J connectivity index is 2.15. The van der Waals surface area contributed by atoms with Gasteiger partial charge in [-0.1, -0.05) is 0 Å². The monoisotopic (exact) mass is 363 g/mol. The van der Waals surface area contributed by atoms with E-state index in [0.29, 0.717) is 44.2 Å². The lowest BCUT2D eigenvalue weighted by atomic mass is 10.1. The van der Waals surface area contributed by atoms with Crippen molar-refractivity contribution in [3.05, 3.63) is 22.9 Å². The molecule has 2 rings (SSSR count). The molecule has 0 bridgehead atoms. The van der Waals surface area contributed by atoms with Gasteiger partial charge in [0.25, 0.3) is 0 Å². The minimum Gasteiger partial charge on any atom is -0.462 e. The van der Waals surface area contributed by atoms with Crippen LogP contribution in [0.25, 0.3) is 0 Å². The van der Waals surface area contributed by atoms with Crippen LogP contribution >= 0.6 is 0 Å². The molecule has 0 saturated carbocycles. The van der Waals surface area contributed by atoms with Crippen molar-refractivity contribution in [2.45, 2.75) is 47.1 Å². The summed E-state index contributed by atoms with van der Waals surface area (Å²) in [5, 5.41) is 0. The van der Waals surface area contributed by atoms with Gasteiger partial charge in [-0.25, -0.2) is 14.6 Å². The van der Waals surface area contributed by atoms with Gasteiger partial charge in [0, 0.05) is 31.9 Å². The van der Waals surface area contributed by atoms with E-state index >= 15 is 0 Å². The van der Waals surface area contributed by atoms with E-state index in [0.717, 1.165) is 11.3 Å². The van der Waals surface area contributed by atoms with Crippen molar-refractivity contribution in [1.82, 2.24) is 9.88 Å². The van der Waals surface area contributed by atoms with E-state index in [1.54, 1.807) is 11.8 Å². The first-order valence-electron chi connectivity index (χ1n) is 9.00. The summed E-state index contributed by atoms with van der Waals surface area (Å²) >= 11 is 0. The number of ether oxygens (including phenoxy) is 2. The molecular formula is C19H29N3O4. The number of anilines is 1. The lowest BCUT2D eigenvalue weighted by Gasteiger charge is -2.36. The molecule has 1 aromatic rings. The highest BCUT2D eigenvalue weighted by molar-refractivity contribution is 5.95. The molecule has 26 heavy (non-hydrogen) atoms. The van der Waals surface area contributed by atoms with E-state index < -0.39 is 5.60 Å². The van der Waals surface area contributed by atoms with Gasteiger partial charge < -0.3 is 19.3 Å². The van der Waals surface area contributed by atoms with Gasteiger partial charge in [-0.05, 0) is 53.2 Å². The third-order valence-electron chi connectivity index (χ3n) is 4.17. The molecule has 0 aromatic carbocycles. The topological polar surface area (TPSA) is 72.0 Å². The van der Waals surface area contributed by atoms with Crippen LogP contribution in [0.3, 0.4) is 0 Å². The molecule has 7 heteroatoms. The van der Waals surface area contributed by atoms with E-state index in [1.165, 1.54) is 0 Å². The number of aryl methyl sites for hydroxylation is 2. The lowest BCUT2D eigenvalue weighted by molar-refractivity contribution is 0.0239. The molecule has 0 spiro atoms. The van der Waals surface area contributed by atoms with Crippen molar-refractivity contribution in [2.75, 3.05) is 37.7 Å². The van der Waals surface area contributed by atoms with Crippen LogP contribution in [0.1, 0.15) is 49.3 Å². The summed E-state index contributed by atoms with van der Waals surface area (Å²) in [5.41, 5.74) is 1.79. The maximum Gasteiger partial charge on any atom is 0.410 e. The van der Waals surface area contributed by atoms with Crippen molar-refractivity contribution < 1.29 is 19.1 Å². The Bertz CT molecular complexity index is 674. The number of aromatic nitrogens is 1. The standard InChI is InChI=1S/C19H29N3O4/c1-7-25-17(23)15-12-13(2)14(3)20-16(15)21-8-10-22(11-9-21)18(24)26-19(4,5)6/h12H,7-11H2,1-6H3. The first-order valence-corrected chi connectivity index (χ1v) is 9.00. The molecular weight excluding hydrogens is 334 g/mol. The third-order valence-corrected chi connectivity index (χ3v) is 4.17. The average Bonchev–Trinajstić information content (AvgIpc) is 2.55. The first-order chi connectivity index (χ1) is 12.1. The Labute approximate surface area is 155 Å². The van der Waals surface area contributed by atoms with Crippen LogP contribution in [0.2, 0.25) is 0 Å². The van der Waals surface area contributed by atoms with Crippen molar-refractivity contribution in [1.29, 1.82) is 0 Å². The average molecular weight is 363 g/mol. The van der Waals surface area contributed by atoms with Gasteiger partial charge in [-0.15, -0.1) is 0 Å². The second-order valence-corrected chi connectivity index (χ2v) is 7.44. The molecule has 1 saturated heterocycles. The highest BCUT2D eigenvalue weighted by Crippen LogP contribution is 2.24. The fourth-order valence-electron chi connectivity index (χ4n) is 2.72. The largest absolute Gasteiger partial charge is 0.462 e. The highest BCUT2D eigenvalue weighted by Gasteiger charge is 2.28. The molecule has 0 N–H and O–H groups in total. The van der Waals surface area contributed by atoms with E-state index in [-0.39, 0.29) is 12.1 Å². The number of hydrogen-bond acceptors (Lipinski definition) is 6. The minimum absolute atomic E-state index is 0.309. The predicted molar refractivity (Wildman–Crippen MR) is 99.7 cm³/mol. The number of esters is 1. The summed E-state index contributed by atoms with van der Waals surface area (Å²) in [6.07, 6.45) is -0.309. The van der Waals surface area contributed by atoms with E-state index in [1.807, 2.05) is 45.6 Å². The second kappa shape index (κ2) is 7.93. The van der Waals surface area contributed by atoms with Gasteiger partial charge in [0.2, 0.25) is 0 Å². The molecule has 7 nitrogen and oxygen atoms in total. The van der Waals surface area contributed by atoms with Crippen LogP contribution in [0.5, 0.6) is 0 Å². The number of nitrogens with zero attached hydrogens (tertiary/aromatic N) is 3. The highest BCUT2D eigenvalue weighted by atomic mass is 16.6. The van der Waals surface area contributed by atoms with E-state index in [2.05, 4.69) is 4.98 Å². The van der Waals surface area contributed by atoms with Crippen molar-refractivity contribution in [2.24, 2.45) is 0 Å². The first kappa shape index (κ1) is 20.0. The maximum atomic E-state index is 12.3. The van der Waals surface area contributed by atoms with Crippen LogP contribution < -0.4 is 4.90 Å². The molecule has 0 radical (unpaired) electrons. The fourth-order valence-corrected chi connectivity index (χ4v) is 2.72. The number of piperazine rings is 1. The Morgan fingerprint density at radius 1 is 1.15 bits per heavy atom. The molecule has 1 aliphatic rings. The predicted octanol–water partition coefficient (Wildman–Crippen LogP) is 2.93. The number of amides is 1. The van der Waals surface area contributed by atoms with Gasteiger partial charge in [0.15, 0.2) is 0 Å². The third kappa shape index (κ3) is 4.86. The zero-order chi connectivity index (χ0) is 19.5. The Morgan fingerprint density at radius 3 is 2.31 bits per heavy atom. The van der Waals surface area contributed by atoms with Gasteiger partial charge in [-0.3, -0.25) is 0 Å². The van der Waals surface area contributed by atoms with Crippen LogP contribution in [-0.4, -0.2) is 60.3 Å². The summed E-state index contributed by atoms with van der Waals surface area (Å²) in [4.78, 5) is 32.9. The van der Waals surface area contributed by atoms with E-state index in [9.17, 15) is 9.59 Å². The van der Waals surface area contributed by atoms with Gasteiger partial charge in [0.05, 0.1) is 6.61 Å². The molecule has 2 heterocycles. The van der Waals surface area contributed by atoms with Crippen LogP contribution in [0.4, 0.5) is 10.6 Å². The molecule has 0 aliphatic carbocycles. The van der Waals surface area contributed by atoms with Gasteiger partial charge in [-0.2, -0.15) is 0 Å². The molecule has 0 atom stereocenters. The molecule has 1 aromatic heterocycles. The number of carbonyl (C=O) groups is 2. The number of carbonyl (C=O) groups excluding carboxylic acids is 2. The summed E-state index contributed by atoms with van der Waals surface area (Å²) in [5.74, 6) is 0.253. The van der Waals surface area contributed by atoms with Gasteiger partial charge in [0.1, 0.15) is 17.0 Å². The van der Waals surface area contributed by atoms with Crippen LogP contribution in [0, 0.1) is 13.8 Å². The molecule has 1 fully saturated rings. The SMILES string of the molecule is CCOC(=O)c1cc(C)c(C)nc1N1CCN(C(=O)OC(C)(C)C)CC1. The fraction of sp³-hybridized carbons (Fsp3) is 0.632. The Morgan fingerprint density at radius 2 is 1.77 bits per heavy atom. The van der Waals surface area contributed by atoms with Gasteiger partial charge >= 0.3 is 12.1 Å².